The monoisotopic (exact) mass is 318 g/mol. The standard InChI is InChI=1S/C16H15BrO2/c17-13-7-1-5-12(10-13)15(18)14-8-2-4-11-6-3-9-19-16(11)14/h1-2,4-5,7-8,10,15,18H,3,6,9H2. The molecule has 2 nitrogen and oxygen atoms in total. The molecule has 0 bridgehead atoms. The molecule has 98 valence electrons. The zero-order valence-electron chi connectivity index (χ0n) is 10.5. The van der Waals surface area contributed by atoms with Crippen LogP contribution in [0.5, 0.6) is 5.75 Å². The summed E-state index contributed by atoms with van der Waals surface area (Å²) < 4.78 is 6.72. The lowest BCUT2D eigenvalue weighted by molar-refractivity contribution is 0.206. The number of para-hydroxylation sites is 1. The first-order valence-electron chi connectivity index (χ1n) is 6.44. The molecule has 1 heterocycles. The van der Waals surface area contributed by atoms with Crippen molar-refractivity contribution in [3.05, 3.63) is 63.6 Å². The second kappa shape index (κ2) is 5.35. The van der Waals surface area contributed by atoms with Crippen LogP contribution in [0.3, 0.4) is 0 Å². The summed E-state index contributed by atoms with van der Waals surface area (Å²) in [6.07, 6.45) is 1.42. The molecule has 0 aromatic heterocycles. The molecule has 0 amide bonds. The highest BCUT2D eigenvalue weighted by molar-refractivity contribution is 9.10. The number of benzene rings is 2. The summed E-state index contributed by atoms with van der Waals surface area (Å²) in [5.74, 6) is 0.862. The highest BCUT2D eigenvalue weighted by Crippen LogP contribution is 2.36. The molecule has 2 aromatic rings. The second-order valence-electron chi connectivity index (χ2n) is 4.75. The maximum absolute atomic E-state index is 10.6. The van der Waals surface area contributed by atoms with Gasteiger partial charge in [-0.2, -0.15) is 0 Å². The van der Waals surface area contributed by atoms with Gasteiger partial charge in [0.2, 0.25) is 0 Å². The number of aryl methyl sites for hydroxylation is 1. The molecule has 0 saturated carbocycles. The molecule has 1 unspecified atom stereocenters. The number of ether oxygens (including phenoxy) is 1. The van der Waals surface area contributed by atoms with Crippen molar-refractivity contribution < 1.29 is 9.84 Å². The molecule has 3 rings (SSSR count). The Hall–Kier alpha value is -1.32. The molecule has 0 aliphatic carbocycles. The van der Waals surface area contributed by atoms with E-state index in [1.807, 2.05) is 36.4 Å². The van der Waals surface area contributed by atoms with Crippen molar-refractivity contribution in [1.82, 2.24) is 0 Å². The minimum Gasteiger partial charge on any atom is -0.493 e. The zero-order chi connectivity index (χ0) is 13.2. The van der Waals surface area contributed by atoms with Crippen LogP contribution in [-0.2, 0) is 6.42 Å². The molecule has 0 fully saturated rings. The maximum atomic E-state index is 10.6. The third-order valence-electron chi connectivity index (χ3n) is 3.42. The van der Waals surface area contributed by atoms with Crippen LogP contribution >= 0.6 is 15.9 Å². The van der Waals surface area contributed by atoms with Crippen LogP contribution in [-0.4, -0.2) is 11.7 Å². The number of hydrogen-bond donors (Lipinski definition) is 1. The molecule has 1 atom stereocenters. The van der Waals surface area contributed by atoms with Gasteiger partial charge >= 0.3 is 0 Å². The third kappa shape index (κ3) is 2.53. The fourth-order valence-electron chi connectivity index (χ4n) is 2.49. The zero-order valence-corrected chi connectivity index (χ0v) is 12.1. The van der Waals surface area contributed by atoms with Crippen molar-refractivity contribution in [1.29, 1.82) is 0 Å². The van der Waals surface area contributed by atoms with E-state index in [1.54, 1.807) is 0 Å². The number of hydrogen-bond acceptors (Lipinski definition) is 2. The Bertz CT molecular complexity index is 595. The molecule has 2 aromatic carbocycles. The van der Waals surface area contributed by atoms with Crippen molar-refractivity contribution >= 4 is 15.9 Å². The molecule has 0 spiro atoms. The Morgan fingerprint density at radius 2 is 2.00 bits per heavy atom. The Morgan fingerprint density at radius 3 is 2.84 bits per heavy atom. The first-order chi connectivity index (χ1) is 9.25. The first kappa shape index (κ1) is 12.7. The van der Waals surface area contributed by atoms with E-state index in [0.29, 0.717) is 0 Å². The average molecular weight is 319 g/mol. The van der Waals surface area contributed by atoms with E-state index in [1.165, 1.54) is 5.56 Å². The summed E-state index contributed by atoms with van der Waals surface area (Å²) in [6, 6.07) is 13.8. The topological polar surface area (TPSA) is 29.5 Å². The van der Waals surface area contributed by atoms with Crippen LogP contribution < -0.4 is 4.74 Å². The molecular weight excluding hydrogens is 304 g/mol. The van der Waals surface area contributed by atoms with Crippen LogP contribution in [0.15, 0.2) is 46.9 Å². The minimum atomic E-state index is -0.648. The highest BCUT2D eigenvalue weighted by Gasteiger charge is 2.20. The van der Waals surface area contributed by atoms with Crippen molar-refractivity contribution in [3.8, 4) is 5.75 Å². The number of aliphatic hydroxyl groups excluding tert-OH is 1. The largest absolute Gasteiger partial charge is 0.493 e. The van der Waals surface area contributed by atoms with Crippen LogP contribution in [0.25, 0.3) is 0 Å². The van der Waals surface area contributed by atoms with Crippen LogP contribution in [0, 0.1) is 0 Å². The van der Waals surface area contributed by atoms with E-state index in [9.17, 15) is 5.11 Å². The Kier molecular flexibility index (Phi) is 3.58. The molecule has 1 aliphatic heterocycles. The average Bonchev–Trinajstić information content (AvgIpc) is 2.46. The summed E-state index contributed by atoms with van der Waals surface area (Å²) in [7, 11) is 0. The smallest absolute Gasteiger partial charge is 0.128 e. The van der Waals surface area contributed by atoms with E-state index < -0.39 is 6.10 Å². The first-order valence-corrected chi connectivity index (χ1v) is 7.23. The van der Waals surface area contributed by atoms with Gasteiger partial charge in [0, 0.05) is 10.0 Å². The van der Waals surface area contributed by atoms with Gasteiger partial charge in [0.05, 0.1) is 6.61 Å². The number of aliphatic hydroxyl groups is 1. The van der Waals surface area contributed by atoms with E-state index >= 15 is 0 Å². The van der Waals surface area contributed by atoms with Crippen molar-refractivity contribution in [3.63, 3.8) is 0 Å². The van der Waals surface area contributed by atoms with Crippen molar-refractivity contribution in [2.45, 2.75) is 18.9 Å². The van der Waals surface area contributed by atoms with Gasteiger partial charge in [0.15, 0.2) is 0 Å². The van der Waals surface area contributed by atoms with Crippen molar-refractivity contribution in [2.24, 2.45) is 0 Å². The lowest BCUT2D eigenvalue weighted by Gasteiger charge is -2.23. The van der Waals surface area contributed by atoms with Crippen LogP contribution in [0.4, 0.5) is 0 Å². The van der Waals surface area contributed by atoms with Gasteiger partial charge in [-0.1, -0.05) is 46.3 Å². The molecule has 3 heteroatoms. The van der Waals surface area contributed by atoms with Gasteiger partial charge in [-0.05, 0) is 36.1 Å². The van der Waals surface area contributed by atoms with E-state index in [-0.39, 0.29) is 0 Å². The Labute approximate surface area is 121 Å². The Morgan fingerprint density at radius 1 is 1.16 bits per heavy atom. The van der Waals surface area contributed by atoms with Gasteiger partial charge in [0.25, 0.3) is 0 Å². The molecule has 19 heavy (non-hydrogen) atoms. The molecule has 1 aliphatic rings. The summed E-state index contributed by atoms with van der Waals surface area (Å²) >= 11 is 3.44. The highest BCUT2D eigenvalue weighted by atomic mass is 79.9. The molecule has 0 radical (unpaired) electrons. The summed E-state index contributed by atoms with van der Waals surface area (Å²) in [5, 5.41) is 10.6. The maximum Gasteiger partial charge on any atom is 0.128 e. The fourth-order valence-corrected chi connectivity index (χ4v) is 2.90. The van der Waals surface area contributed by atoms with Gasteiger partial charge < -0.3 is 9.84 Å². The van der Waals surface area contributed by atoms with Crippen LogP contribution in [0.1, 0.15) is 29.2 Å². The van der Waals surface area contributed by atoms with Gasteiger partial charge in [0.1, 0.15) is 11.9 Å². The molecule has 1 N–H and O–H groups in total. The Balaban J connectivity index is 2.02. The predicted molar refractivity (Wildman–Crippen MR) is 78.5 cm³/mol. The van der Waals surface area contributed by atoms with E-state index in [4.69, 9.17) is 4.74 Å². The minimum absolute atomic E-state index is 0.648. The molecule has 0 saturated heterocycles. The van der Waals surface area contributed by atoms with Crippen molar-refractivity contribution in [2.75, 3.05) is 6.61 Å². The summed E-state index contributed by atoms with van der Waals surface area (Å²) in [5.41, 5.74) is 2.92. The van der Waals surface area contributed by atoms with Gasteiger partial charge in [-0.25, -0.2) is 0 Å². The normalized spacial score (nSPS) is 15.5. The summed E-state index contributed by atoms with van der Waals surface area (Å²) in [6.45, 7) is 0.731. The summed E-state index contributed by atoms with van der Waals surface area (Å²) in [4.78, 5) is 0. The van der Waals surface area contributed by atoms with E-state index in [0.717, 1.165) is 40.8 Å². The van der Waals surface area contributed by atoms with Crippen LogP contribution in [0.2, 0.25) is 0 Å². The fraction of sp³-hybridized carbons (Fsp3) is 0.250. The van der Waals surface area contributed by atoms with Gasteiger partial charge in [-0.3, -0.25) is 0 Å². The molecular formula is C16H15BrO2. The number of fused-ring (bicyclic) bond motifs is 1. The van der Waals surface area contributed by atoms with E-state index in [2.05, 4.69) is 22.0 Å². The quantitative estimate of drug-likeness (QED) is 0.911. The second-order valence-corrected chi connectivity index (χ2v) is 5.66. The number of halogens is 1. The SMILES string of the molecule is OC(c1cccc(Br)c1)c1cccc2c1OCCC2. The third-order valence-corrected chi connectivity index (χ3v) is 3.92. The lowest BCUT2D eigenvalue weighted by Crippen LogP contribution is -2.12. The van der Waals surface area contributed by atoms with Gasteiger partial charge in [-0.15, -0.1) is 0 Å². The number of rotatable bonds is 2. The lowest BCUT2D eigenvalue weighted by atomic mass is 9.96. The predicted octanol–water partition coefficient (Wildman–Crippen LogP) is 3.86.